The molecule has 0 radical (unpaired) electrons. The van der Waals surface area contributed by atoms with E-state index in [1.54, 1.807) is 0 Å². The maximum absolute atomic E-state index is 7.15. The predicted molar refractivity (Wildman–Crippen MR) is 557 cm³/mol. The van der Waals surface area contributed by atoms with Crippen LogP contribution < -0.4 is 61.1 Å². The van der Waals surface area contributed by atoms with Crippen molar-refractivity contribution in [3.63, 3.8) is 0 Å². The number of rotatable bonds is 14. The Kier molecular flexibility index (Phi) is 17.9. The lowest BCUT2D eigenvalue weighted by Crippen LogP contribution is -2.77. The van der Waals surface area contributed by atoms with E-state index in [1.807, 2.05) is 22.7 Å². The number of benzene rings is 20. The van der Waals surface area contributed by atoms with Crippen molar-refractivity contribution < 1.29 is 4.42 Å². The second-order valence-electron chi connectivity index (χ2n) is 34.9. The standard InChI is InChI=1S/C120H84N4OS2Si2/c1-77-27-23-31-85(67-77)121(86-32-24-28-78(2)68-86)83-53-59-93(60-54-83)128(91-35-7-5-8-36-91)115-48-20-14-42-105(115)123(106-43-15-21-49-116(106)128)89-57-63-98-103(73-89)119(81-51-65-113-101(71-81)96-40-12-18-46-111(96)126-113)99-64-58-90(74-104(99)120(98)82-52-66-114-102(72-82)97-41-13-19-47-112(97)127-114)124-107-44-16-22-50-117(107)129(92-37-9-6-10-38-92,118-75-100-95-39-11-17-45-109(95)125-110(100)76-108(118)124)94-61-55-84(56-62-94)122(87-33-25-29-79(3)69-87)88-34-26-30-80(4)70-88/h5-76H,1-4H3. The first kappa shape index (κ1) is 76.2. The van der Waals surface area contributed by atoms with Gasteiger partial charge in [-0.3, -0.25) is 0 Å². The lowest BCUT2D eigenvalue weighted by molar-refractivity contribution is 0.669. The summed E-state index contributed by atoms with van der Waals surface area (Å²) in [6.45, 7) is 8.73. The molecule has 3 aromatic heterocycles. The predicted octanol–water partition coefficient (Wildman–Crippen LogP) is 28.5. The van der Waals surface area contributed by atoms with Crippen LogP contribution >= 0.6 is 22.7 Å². The van der Waals surface area contributed by atoms with Crippen LogP contribution in [0.2, 0.25) is 0 Å². The zero-order valence-corrected chi connectivity index (χ0v) is 75.2. The second kappa shape index (κ2) is 30.3. The average molecular weight is 1720 g/mol. The number of nitrogens with zero attached hydrogens (tertiary/aromatic N) is 4. The zero-order valence-electron chi connectivity index (χ0n) is 71.6. The summed E-state index contributed by atoms with van der Waals surface area (Å²) in [7, 11) is -6.59. The van der Waals surface area contributed by atoms with Crippen molar-refractivity contribution in [3.05, 3.63) is 459 Å². The lowest BCUT2D eigenvalue weighted by Gasteiger charge is -2.45. The number of furan rings is 1. The molecule has 25 rings (SSSR count). The van der Waals surface area contributed by atoms with Crippen LogP contribution in [0.25, 0.3) is 106 Å². The van der Waals surface area contributed by atoms with E-state index in [2.05, 4.69) is 484 Å². The molecule has 1 unspecified atom stereocenters. The zero-order chi connectivity index (χ0) is 85.7. The van der Waals surface area contributed by atoms with Gasteiger partial charge in [-0.2, -0.15) is 0 Å². The SMILES string of the molecule is Cc1cccc(N(c2ccc([Si]3(c4ccccc4)c4ccccc4N(c4ccc5c(-c6ccc7sc8ccccc8c7c6)c6cc(N7c8ccccc8[Si](c8ccccc8)(c8ccc(N(c9cccc(C)c9)c9cccc(C)c9)cc8)c8cc9c(cc87)oc7ccccc79)ccc6c(-c6ccc7sc8ccccc8c7c6)c5c4)c4ccccc43)cc2)c2cccc(C)c2)c1. The fourth-order valence-corrected chi connectivity index (χ4v) is 34.1. The third-order valence-electron chi connectivity index (χ3n) is 27.3. The fourth-order valence-electron chi connectivity index (χ4n) is 21.8. The summed E-state index contributed by atoms with van der Waals surface area (Å²) < 4.78 is 12.2. The molecule has 0 amide bonds. The van der Waals surface area contributed by atoms with Gasteiger partial charge in [0.05, 0.1) is 5.69 Å². The van der Waals surface area contributed by atoms with Crippen LogP contribution in [0, 0.1) is 27.7 Å². The summed E-state index contributed by atoms with van der Waals surface area (Å²) in [5.74, 6) is 0. The van der Waals surface area contributed by atoms with E-state index < -0.39 is 16.1 Å². The van der Waals surface area contributed by atoms with Gasteiger partial charge in [-0.15, -0.1) is 22.7 Å². The molecule has 129 heavy (non-hydrogen) atoms. The minimum absolute atomic E-state index is 0.844. The van der Waals surface area contributed by atoms with Crippen molar-refractivity contribution in [2.24, 2.45) is 0 Å². The first-order valence-electron chi connectivity index (χ1n) is 44.5. The van der Waals surface area contributed by atoms with Gasteiger partial charge in [-0.25, -0.2) is 0 Å². The molecule has 2 aliphatic heterocycles. The first-order chi connectivity index (χ1) is 63.6. The summed E-state index contributed by atoms with van der Waals surface area (Å²) in [4.78, 5) is 10.0. The number of aryl methyl sites for hydroxylation is 4. The Labute approximate surface area is 759 Å². The molecule has 5 heterocycles. The summed E-state index contributed by atoms with van der Waals surface area (Å²) >= 11 is 3.74. The van der Waals surface area contributed by atoms with Crippen molar-refractivity contribution in [3.8, 4) is 22.3 Å². The molecule has 0 bridgehead atoms. The maximum Gasteiger partial charge on any atom is 0.184 e. The van der Waals surface area contributed by atoms with Gasteiger partial charge < -0.3 is 24.0 Å². The summed E-state index contributed by atoms with van der Waals surface area (Å²) in [5.41, 5.74) is 24.6. The molecule has 5 nitrogen and oxygen atoms in total. The molecule has 0 N–H and O–H groups in total. The van der Waals surface area contributed by atoms with Crippen LogP contribution in [0.5, 0.6) is 0 Å². The summed E-state index contributed by atoms with van der Waals surface area (Å²) in [6, 6.07) is 167. The monoisotopic (exact) mass is 1720 g/mol. The van der Waals surface area contributed by atoms with Gasteiger partial charge in [-0.1, -0.05) is 267 Å². The molecule has 610 valence electrons. The first-order valence-corrected chi connectivity index (χ1v) is 50.1. The van der Waals surface area contributed by atoms with Crippen molar-refractivity contribution in [2.75, 3.05) is 19.6 Å². The van der Waals surface area contributed by atoms with Crippen LogP contribution in [0.1, 0.15) is 22.3 Å². The van der Waals surface area contributed by atoms with Gasteiger partial charge in [0.2, 0.25) is 0 Å². The van der Waals surface area contributed by atoms with Gasteiger partial charge >= 0.3 is 0 Å². The molecule has 2 aliphatic rings. The van der Waals surface area contributed by atoms with Gasteiger partial charge in [0.1, 0.15) is 11.2 Å². The molecule has 0 fully saturated rings. The highest BCUT2D eigenvalue weighted by Crippen LogP contribution is 2.53. The average Bonchev–Trinajstić information content (AvgIpc) is 1.55. The Morgan fingerprint density at radius 3 is 1.02 bits per heavy atom. The van der Waals surface area contributed by atoms with E-state index in [1.165, 1.54) is 127 Å². The molecule has 23 aromatic rings. The number of thiophene rings is 2. The Morgan fingerprint density at radius 2 is 0.581 bits per heavy atom. The van der Waals surface area contributed by atoms with Crippen LogP contribution in [-0.4, -0.2) is 16.1 Å². The van der Waals surface area contributed by atoms with Gasteiger partial charge in [-0.05, 0) is 299 Å². The van der Waals surface area contributed by atoms with Crippen LogP contribution in [0.3, 0.4) is 0 Å². The van der Waals surface area contributed by atoms with Crippen LogP contribution in [0.4, 0.5) is 68.2 Å². The topological polar surface area (TPSA) is 26.1 Å². The highest BCUT2D eigenvalue weighted by atomic mass is 32.1. The second-order valence-corrected chi connectivity index (χ2v) is 44.5. The van der Waals surface area contributed by atoms with E-state index >= 15 is 0 Å². The molecule has 20 aromatic carbocycles. The molecule has 0 aliphatic carbocycles. The third kappa shape index (κ3) is 12.1. The van der Waals surface area contributed by atoms with E-state index in [0.717, 1.165) is 111 Å². The molecule has 0 saturated heterocycles. The van der Waals surface area contributed by atoms with E-state index in [0.29, 0.717) is 0 Å². The summed E-state index contributed by atoms with van der Waals surface area (Å²) in [6.07, 6.45) is 0. The fraction of sp³-hybridized carbons (Fsp3) is 0.0333. The number of hydrogen-bond donors (Lipinski definition) is 0. The van der Waals surface area contributed by atoms with Gasteiger partial charge in [0, 0.05) is 120 Å². The lowest BCUT2D eigenvalue weighted by atomic mass is 9.84. The normalized spacial score (nSPS) is 14.0. The molecule has 0 saturated carbocycles. The quantitative estimate of drug-likeness (QED) is 0.0799. The number of para-hydroxylation sites is 4. The highest BCUT2D eigenvalue weighted by molar-refractivity contribution is 7.26. The molecular weight excluding hydrogens is 1630 g/mol. The molecule has 1 atom stereocenters. The van der Waals surface area contributed by atoms with Gasteiger partial charge in [0.25, 0.3) is 0 Å². The largest absolute Gasteiger partial charge is 0.456 e. The Hall–Kier alpha value is -15.2. The molecule has 0 spiro atoms. The van der Waals surface area contributed by atoms with E-state index in [-0.39, 0.29) is 0 Å². The van der Waals surface area contributed by atoms with Crippen LogP contribution in [0.15, 0.2) is 441 Å². The number of anilines is 12. The minimum Gasteiger partial charge on any atom is -0.456 e. The van der Waals surface area contributed by atoms with Crippen molar-refractivity contribution in [2.45, 2.75) is 27.7 Å². The van der Waals surface area contributed by atoms with Crippen molar-refractivity contribution in [1.82, 2.24) is 0 Å². The van der Waals surface area contributed by atoms with Gasteiger partial charge in [0.15, 0.2) is 16.1 Å². The molecular formula is C120H84N4OS2Si2. The van der Waals surface area contributed by atoms with E-state index in [9.17, 15) is 0 Å². The minimum atomic E-state index is -3.39. The smallest absolute Gasteiger partial charge is 0.184 e. The number of hydrogen-bond acceptors (Lipinski definition) is 7. The molecule has 9 heteroatoms. The maximum atomic E-state index is 7.15. The summed E-state index contributed by atoms with van der Waals surface area (Å²) in [5, 5.41) is 22.3. The van der Waals surface area contributed by atoms with Crippen LogP contribution in [-0.2, 0) is 0 Å². The number of fused-ring (bicyclic) bond motifs is 15. The Balaban J connectivity index is 0.735. The highest BCUT2D eigenvalue weighted by Gasteiger charge is 2.51. The van der Waals surface area contributed by atoms with E-state index in [4.69, 9.17) is 4.42 Å². The van der Waals surface area contributed by atoms with Crippen molar-refractivity contribution >= 4 is 232 Å². The third-order valence-corrected chi connectivity index (χ3v) is 39.3. The van der Waals surface area contributed by atoms with Crippen molar-refractivity contribution in [1.29, 1.82) is 0 Å². The Bertz CT molecular complexity index is 8350. The Morgan fingerprint density at radius 1 is 0.217 bits per heavy atom.